The Labute approximate surface area is 102 Å². The third kappa shape index (κ3) is 2.61. The van der Waals surface area contributed by atoms with E-state index in [9.17, 15) is 0 Å². The second-order valence-electron chi connectivity index (χ2n) is 4.35. The molecule has 1 aromatic rings. The van der Waals surface area contributed by atoms with E-state index < -0.39 is 0 Å². The molecule has 4 heteroatoms. The third-order valence-electron chi connectivity index (χ3n) is 2.97. The van der Waals surface area contributed by atoms with Crippen LogP contribution in [0, 0.1) is 0 Å². The zero-order valence-electron chi connectivity index (χ0n) is 10.2. The van der Waals surface area contributed by atoms with Gasteiger partial charge in [-0.05, 0) is 25.6 Å². The van der Waals surface area contributed by atoms with Crippen molar-refractivity contribution in [3.8, 4) is 0 Å². The van der Waals surface area contributed by atoms with Crippen molar-refractivity contribution in [1.29, 1.82) is 0 Å². The van der Waals surface area contributed by atoms with Crippen LogP contribution in [0.25, 0.3) is 0 Å². The lowest BCUT2D eigenvalue weighted by atomic mass is 10.3. The van der Waals surface area contributed by atoms with Crippen LogP contribution in [-0.4, -0.2) is 28.1 Å². The van der Waals surface area contributed by atoms with Crippen LogP contribution >= 0.6 is 11.8 Å². The quantitative estimate of drug-likeness (QED) is 0.874. The lowest BCUT2D eigenvalue weighted by molar-refractivity contribution is 0.576. The fourth-order valence-electron chi connectivity index (χ4n) is 2.24. The monoisotopic (exact) mass is 239 g/mol. The summed E-state index contributed by atoms with van der Waals surface area (Å²) in [5, 5.41) is 3.59. The van der Waals surface area contributed by atoms with Crippen LogP contribution in [-0.2, 0) is 13.0 Å². The van der Waals surface area contributed by atoms with Crippen molar-refractivity contribution in [2.75, 3.05) is 18.6 Å². The van der Waals surface area contributed by atoms with E-state index in [1.807, 2.05) is 11.8 Å². The molecule has 2 heterocycles. The van der Waals surface area contributed by atoms with Gasteiger partial charge in [0.2, 0.25) is 0 Å². The normalized spacial score (nSPS) is 20.5. The van der Waals surface area contributed by atoms with E-state index in [0.29, 0.717) is 6.04 Å². The van der Waals surface area contributed by atoms with Gasteiger partial charge in [-0.3, -0.25) is 0 Å². The molecule has 1 unspecified atom stereocenters. The standard InChI is InChI=1S/C12H21N3S/c1-3-5-10-8-15-7-4-6-13-11(9-16-2)12(15)14-10/h8,11,13H,3-7,9H2,1-2H3. The molecule has 1 aliphatic heterocycles. The number of hydrogen-bond acceptors (Lipinski definition) is 3. The molecule has 1 atom stereocenters. The number of aromatic nitrogens is 2. The van der Waals surface area contributed by atoms with Crippen LogP contribution in [0.3, 0.4) is 0 Å². The highest BCUT2D eigenvalue weighted by Gasteiger charge is 2.20. The molecular weight excluding hydrogens is 218 g/mol. The predicted molar refractivity (Wildman–Crippen MR) is 70.0 cm³/mol. The van der Waals surface area contributed by atoms with E-state index in [1.165, 1.54) is 24.4 Å². The van der Waals surface area contributed by atoms with Crippen LogP contribution in [0.2, 0.25) is 0 Å². The molecule has 1 aromatic heterocycles. The Kier molecular flexibility index (Phi) is 4.29. The molecule has 0 radical (unpaired) electrons. The molecule has 1 N–H and O–H groups in total. The maximum absolute atomic E-state index is 4.79. The number of rotatable bonds is 4. The summed E-state index contributed by atoms with van der Waals surface area (Å²) in [5.74, 6) is 2.36. The molecule has 0 spiro atoms. The molecule has 0 aliphatic carbocycles. The fourth-order valence-corrected chi connectivity index (χ4v) is 2.84. The van der Waals surface area contributed by atoms with Crippen molar-refractivity contribution in [3.05, 3.63) is 17.7 Å². The Morgan fingerprint density at radius 2 is 2.50 bits per heavy atom. The second kappa shape index (κ2) is 5.73. The summed E-state index contributed by atoms with van der Waals surface area (Å²) >= 11 is 1.89. The SMILES string of the molecule is CCCc1cn2c(n1)C(CSC)NCCC2. The topological polar surface area (TPSA) is 29.9 Å². The van der Waals surface area contributed by atoms with Gasteiger partial charge >= 0.3 is 0 Å². The summed E-state index contributed by atoms with van der Waals surface area (Å²) < 4.78 is 2.35. The molecule has 0 aromatic carbocycles. The molecule has 90 valence electrons. The van der Waals surface area contributed by atoms with E-state index in [0.717, 1.165) is 25.3 Å². The van der Waals surface area contributed by atoms with Crippen molar-refractivity contribution < 1.29 is 0 Å². The average molecular weight is 239 g/mol. The summed E-state index contributed by atoms with van der Waals surface area (Å²) in [5.41, 5.74) is 1.26. The highest BCUT2D eigenvalue weighted by molar-refractivity contribution is 7.98. The van der Waals surface area contributed by atoms with Gasteiger partial charge in [-0.25, -0.2) is 4.98 Å². The van der Waals surface area contributed by atoms with Gasteiger partial charge in [0.25, 0.3) is 0 Å². The summed E-state index contributed by atoms with van der Waals surface area (Å²) in [7, 11) is 0. The largest absolute Gasteiger partial charge is 0.333 e. The highest BCUT2D eigenvalue weighted by Crippen LogP contribution is 2.20. The number of nitrogens with zero attached hydrogens (tertiary/aromatic N) is 2. The van der Waals surface area contributed by atoms with E-state index in [2.05, 4.69) is 29.3 Å². The Morgan fingerprint density at radius 1 is 1.62 bits per heavy atom. The number of aryl methyl sites for hydroxylation is 2. The van der Waals surface area contributed by atoms with Crippen molar-refractivity contribution in [2.45, 2.75) is 38.8 Å². The molecule has 1 aliphatic rings. The molecule has 0 bridgehead atoms. The van der Waals surface area contributed by atoms with Crippen LogP contribution < -0.4 is 5.32 Å². The molecule has 0 saturated carbocycles. The first kappa shape index (κ1) is 12.0. The van der Waals surface area contributed by atoms with Crippen LogP contribution in [0.15, 0.2) is 6.20 Å². The smallest absolute Gasteiger partial charge is 0.127 e. The van der Waals surface area contributed by atoms with E-state index in [-0.39, 0.29) is 0 Å². The number of nitrogens with one attached hydrogen (secondary N) is 1. The number of fused-ring (bicyclic) bond motifs is 1. The van der Waals surface area contributed by atoms with Crippen molar-refractivity contribution in [3.63, 3.8) is 0 Å². The highest BCUT2D eigenvalue weighted by atomic mass is 32.2. The van der Waals surface area contributed by atoms with Crippen LogP contribution in [0.4, 0.5) is 0 Å². The summed E-state index contributed by atoms with van der Waals surface area (Å²) in [6.07, 6.45) is 7.90. The minimum Gasteiger partial charge on any atom is -0.333 e. The molecule has 0 fully saturated rings. The van der Waals surface area contributed by atoms with E-state index in [1.54, 1.807) is 0 Å². The average Bonchev–Trinajstić information content (AvgIpc) is 2.58. The Balaban J connectivity index is 2.21. The van der Waals surface area contributed by atoms with Gasteiger partial charge in [-0.2, -0.15) is 11.8 Å². The molecule has 16 heavy (non-hydrogen) atoms. The zero-order valence-corrected chi connectivity index (χ0v) is 11.0. The molecule has 3 nitrogen and oxygen atoms in total. The number of hydrogen-bond donors (Lipinski definition) is 1. The van der Waals surface area contributed by atoms with Gasteiger partial charge in [0.1, 0.15) is 5.82 Å². The van der Waals surface area contributed by atoms with Gasteiger partial charge < -0.3 is 9.88 Å². The minimum absolute atomic E-state index is 0.433. The zero-order chi connectivity index (χ0) is 11.4. The fraction of sp³-hybridized carbons (Fsp3) is 0.750. The first-order valence-corrected chi connectivity index (χ1v) is 7.52. The van der Waals surface area contributed by atoms with Gasteiger partial charge in [0.05, 0.1) is 11.7 Å². The second-order valence-corrected chi connectivity index (χ2v) is 5.26. The summed E-state index contributed by atoms with van der Waals surface area (Å²) in [6.45, 7) is 4.43. The number of imidazole rings is 1. The van der Waals surface area contributed by atoms with E-state index in [4.69, 9.17) is 4.98 Å². The molecule has 0 amide bonds. The van der Waals surface area contributed by atoms with Gasteiger partial charge in [-0.1, -0.05) is 13.3 Å². The van der Waals surface area contributed by atoms with Gasteiger partial charge in [-0.15, -0.1) is 0 Å². The van der Waals surface area contributed by atoms with Gasteiger partial charge in [0.15, 0.2) is 0 Å². The first-order chi connectivity index (χ1) is 7.85. The lowest BCUT2D eigenvalue weighted by Crippen LogP contribution is -2.24. The van der Waals surface area contributed by atoms with Crippen LogP contribution in [0.5, 0.6) is 0 Å². The lowest BCUT2D eigenvalue weighted by Gasteiger charge is -2.14. The summed E-state index contributed by atoms with van der Waals surface area (Å²) in [4.78, 5) is 4.79. The summed E-state index contributed by atoms with van der Waals surface area (Å²) in [6, 6.07) is 0.433. The van der Waals surface area contributed by atoms with Crippen molar-refractivity contribution >= 4 is 11.8 Å². The maximum Gasteiger partial charge on any atom is 0.127 e. The third-order valence-corrected chi connectivity index (χ3v) is 3.64. The molecule has 0 saturated heterocycles. The first-order valence-electron chi connectivity index (χ1n) is 6.13. The van der Waals surface area contributed by atoms with Crippen molar-refractivity contribution in [2.24, 2.45) is 0 Å². The van der Waals surface area contributed by atoms with Crippen LogP contribution in [0.1, 0.15) is 37.3 Å². The minimum atomic E-state index is 0.433. The molecular formula is C12H21N3S. The predicted octanol–water partition coefficient (Wildman–Crippen LogP) is 2.23. The Bertz CT molecular complexity index is 335. The van der Waals surface area contributed by atoms with Gasteiger partial charge in [0, 0.05) is 18.5 Å². The maximum atomic E-state index is 4.79. The van der Waals surface area contributed by atoms with E-state index >= 15 is 0 Å². The Morgan fingerprint density at radius 3 is 3.25 bits per heavy atom. The van der Waals surface area contributed by atoms with Crippen molar-refractivity contribution in [1.82, 2.24) is 14.9 Å². The number of thioether (sulfide) groups is 1. The molecule has 2 rings (SSSR count). The Hall–Kier alpha value is -0.480.